The monoisotopic (exact) mass is 594 g/mol. The van der Waals surface area contributed by atoms with Crippen LogP contribution in [0.5, 0.6) is 5.75 Å². The van der Waals surface area contributed by atoms with Gasteiger partial charge in [0.2, 0.25) is 0 Å². The highest BCUT2D eigenvalue weighted by atomic mass is 79.9. The third kappa shape index (κ3) is 4.26. The maximum absolute atomic E-state index is 12.9. The van der Waals surface area contributed by atoms with Crippen LogP contribution in [-0.2, 0) is 0 Å². The zero-order valence-corrected chi connectivity index (χ0v) is 20.6. The number of amides is 1. The minimum absolute atomic E-state index is 0.223. The van der Waals surface area contributed by atoms with E-state index < -0.39 is 0 Å². The summed E-state index contributed by atoms with van der Waals surface area (Å²) in [6.45, 7) is 0. The first kappa shape index (κ1) is 20.5. The van der Waals surface area contributed by atoms with Gasteiger partial charge in [-0.1, -0.05) is 28.1 Å². The van der Waals surface area contributed by atoms with Gasteiger partial charge >= 0.3 is 0 Å². The van der Waals surface area contributed by atoms with Crippen molar-refractivity contribution in [2.45, 2.75) is 0 Å². The van der Waals surface area contributed by atoms with E-state index in [-0.39, 0.29) is 5.91 Å². The number of nitrogens with zero attached hydrogens (tertiary/aromatic N) is 1. The second-order valence-corrected chi connectivity index (χ2v) is 9.76. The molecule has 0 atom stereocenters. The number of benzene rings is 3. The average Bonchev–Trinajstić information content (AvgIpc) is 3.13. The van der Waals surface area contributed by atoms with Crippen molar-refractivity contribution >= 4 is 80.9 Å². The van der Waals surface area contributed by atoms with Gasteiger partial charge in [0, 0.05) is 20.1 Å². The van der Waals surface area contributed by atoms with Crippen molar-refractivity contribution in [2.24, 2.45) is 0 Å². The molecule has 0 bridgehead atoms. The van der Waals surface area contributed by atoms with Crippen LogP contribution in [0.3, 0.4) is 0 Å². The van der Waals surface area contributed by atoms with Crippen LogP contribution in [0.25, 0.3) is 20.8 Å². The highest BCUT2D eigenvalue weighted by molar-refractivity contribution is 9.11. The summed E-state index contributed by atoms with van der Waals surface area (Å²) < 4.78 is 8.71. The Morgan fingerprint density at radius 2 is 1.83 bits per heavy atom. The van der Waals surface area contributed by atoms with Gasteiger partial charge in [-0.05, 0) is 74.3 Å². The van der Waals surface area contributed by atoms with Crippen LogP contribution in [0.4, 0.5) is 5.69 Å². The maximum atomic E-state index is 12.9. The molecular formula is C21H13Br3N2O2S. The summed E-state index contributed by atoms with van der Waals surface area (Å²) in [5, 5.41) is 3.86. The number of anilines is 1. The molecule has 4 aromatic rings. The molecule has 0 aliphatic rings. The van der Waals surface area contributed by atoms with Crippen molar-refractivity contribution in [1.29, 1.82) is 0 Å². The van der Waals surface area contributed by atoms with E-state index in [9.17, 15) is 4.79 Å². The predicted molar refractivity (Wildman–Crippen MR) is 129 cm³/mol. The van der Waals surface area contributed by atoms with Crippen LogP contribution in [0.1, 0.15) is 10.4 Å². The Balaban J connectivity index is 1.75. The fraction of sp³-hybridized carbons (Fsp3) is 0.0476. The first-order chi connectivity index (χ1) is 14.0. The Labute approximate surface area is 196 Å². The highest BCUT2D eigenvalue weighted by Crippen LogP contribution is 2.40. The van der Waals surface area contributed by atoms with Crippen molar-refractivity contribution in [3.63, 3.8) is 0 Å². The van der Waals surface area contributed by atoms with Gasteiger partial charge in [0.25, 0.3) is 5.91 Å². The molecule has 1 N–H and O–H groups in total. The third-order valence-corrected chi connectivity index (χ3v) is 7.00. The van der Waals surface area contributed by atoms with Gasteiger partial charge in [-0.25, -0.2) is 4.98 Å². The summed E-state index contributed by atoms with van der Waals surface area (Å²) in [5.74, 6) is 0.445. The number of methoxy groups -OCH3 is 1. The largest absolute Gasteiger partial charge is 0.496 e. The molecule has 0 unspecified atom stereocenters. The summed E-state index contributed by atoms with van der Waals surface area (Å²) in [7, 11) is 1.59. The number of hydrogen-bond acceptors (Lipinski definition) is 4. The summed E-state index contributed by atoms with van der Waals surface area (Å²) in [6, 6.07) is 17.0. The number of hydrogen-bond donors (Lipinski definition) is 1. The fourth-order valence-electron chi connectivity index (χ4n) is 2.85. The molecular weight excluding hydrogens is 584 g/mol. The fourth-order valence-corrected chi connectivity index (χ4v) is 5.70. The van der Waals surface area contributed by atoms with Crippen molar-refractivity contribution in [3.05, 3.63) is 73.6 Å². The van der Waals surface area contributed by atoms with Gasteiger partial charge in [-0.15, -0.1) is 11.3 Å². The van der Waals surface area contributed by atoms with E-state index in [0.29, 0.717) is 21.5 Å². The van der Waals surface area contributed by atoms with Gasteiger partial charge in [0.15, 0.2) is 0 Å². The number of nitrogens with one attached hydrogen (secondary N) is 1. The summed E-state index contributed by atoms with van der Waals surface area (Å²) >= 11 is 12.1. The van der Waals surface area contributed by atoms with E-state index in [4.69, 9.17) is 9.72 Å². The molecule has 1 heterocycles. The Morgan fingerprint density at radius 1 is 1.03 bits per heavy atom. The lowest BCUT2D eigenvalue weighted by atomic mass is 10.1. The van der Waals surface area contributed by atoms with Crippen LogP contribution in [0, 0.1) is 0 Å². The van der Waals surface area contributed by atoms with Gasteiger partial charge in [-0.2, -0.15) is 0 Å². The number of fused-ring (bicyclic) bond motifs is 1. The lowest BCUT2D eigenvalue weighted by Crippen LogP contribution is -2.13. The number of carbonyl (C=O) groups is 1. The Kier molecular flexibility index (Phi) is 6.06. The molecule has 0 aliphatic carbocycles. The minimum Gasteiger partial charge on any atom is -0.496 e. The number of para-hydroxylation sites is 1. The molecule has 1 aromatic heterocycles. The van der Waals surface area contributed by atoms with Crippen LogP contribution < -0.4 is 10.1 Å². The average molecular weight is 597 g/mol. The Morgan fingerprint density at radius 3 is 2.55 bits per heavy atom. The van der Waals surface area contributed by atoms with Gasteiger partial charge < -0.3 is 10.1 Å². The molecule has 0 saturated carbocycles. The molecule has 0 saturated heterocycles. The lowest BCUT2D eigenvalue weighted by molar-refractivity contribution is 0.102. The van der Waals surface area contributed by atoms with Gasteiger partial charge in [0.05, 0.1) is 27.5 Å². The van der Waals surface area contributed by atoms with Crippen molar-refractivity contribution in [2.75, 3.05) is 12.4 Å². The first-order valence-electron chi connectivity index (χ1n) is 8.46. The van der Waals surface area contributed by atoms with Crippen molar-refractivity contribution in [3.8, 4) is 16.3 Å². The smallest absolute Gasteiger partial charge is 0.255 e. The zero-order chi connectivity index (χ0) is 20.5. The maximum Gasteiger partial charge on any atom is 0.255 e. The normalized spacial score (nSPS) is 10.9. The Hall–Kier alpha value is -1.74. The molecule has 0 aliphatic heterocycles. The van der Waals surface area contributed by atoms with Gasteiger partial charge in [0.1, 0.15) is 10.8 Å². The molecule has 1 amide bonds. The van der Waals surface area contributed by atoms with E-state index in [0.717, 1.165) is 29.7 Å². The number of halogens is 3. The molecule has 0 radical (unpaired) electrons. The number of rotatable bonds is 4. The standard InChI is InChI=1S/C21H13Br3N2O2S/c1-28-17-7-6-11(8-14(17)23)20(27)26-19-13(9-12(22)10-15(19)24)21-25-16-4-2-3-5-18(16)29-21/h2-10H,1H3,(H,26,27). The number of carbonyl (C=O) groups excluding carboxylic acids is 1. The molecule has 0 spiro atoms. The Bertz CT molecular complexity index is 1210. The lowest BCUT2D eigenvalue weighted by Gasteiger charge is -2.13. The van der Waals surface area contributed by atoms with Gasteiger partial charge in [-0.3, -0.25) is 4.79 Å². The van der Waals surface area contributed by atoms with Crippen LogP contribution in [0.2, 0.25) is 0 Å². The SMILES string of the molecule is COc1ccc(C(=O)Nc2c(Br)cc(Br)cc2-c2nc3ccccc3s2)cc1Br. The summed E-state index contributed by atoms with van der Waals surface area (Å²) in [4.78, 5) is 17.7. The van der Waals surface area contributed by atoms with Crippen molar-refractivity contribution < 1.29 is 9.53 Å². The first-order valence-corrected chi connectivity index (χ1v) is 11.7. The van der Waals surface area contributed by atoms with Crippen LogP contribution >= 0.6 is 59.1 Å². The zero-order valence-electron chi connectivity index (χ0n) is 15.0. The third-order valence-electron chi connectivity index (χ3n) is 4.23. The highest BCUT2D eigenvalue weighted by Gasteiger charge is 2.18. The minimum atomic E-state index is -0.223. The van der Waals surface area contributed by atoms with Crippen LogP contribution in [0.15, 0.2) is 68.0 Å². The van der Waals surface area contributed by atoms with E-state index in [1.165, 1.54) is 0 Å². The molecule has 4 rings (SSSR count). The number of ether oxygens (including phenoxy) is 1. The van der Waals surface area contributed by atoms with E-state index in [1.807, 2.05) is 36.4 Å². The van der Waals surface area contributed by atoms with E-state index in [1.54, 1.807) is 36.6 Å². The molecule has 8 heteroatoms. The molecule has 0 fully saturated rings. The van der Waals surface area contributed by atoms with Crippen molar-refractivity contribution in [1.82, 2.24) is 4.98 Å². The molecule has 29 heavy (non-hydrogen) atoms. The predicted octanol–water partition coefficient (Wildman–Crippen LogP) is 7.51. The molecule has 3 aromatic carbocycles. The summed E-state index contributed by atoms with van der Waals surface area (Å²) in [6.07, 6.45) is 0. The molecule has 146 valence electrons. The topological polar surface area (TPSA) is 51.2 Å². The molecule has 4 nitrogen and oxygen atoms in total. The second-order valence-electron chi connectivity index (χ2n) is 6.10. The van der Waals surface area contributed by atoms with E-state index >= 15 is 0 Å². The van der Waals surface area contributed by atoms with E-state index in [2.05, 4.69) is 53.1 Å². The van der Waals surface area contributed by atoms with Crippen LogP contribution in [-0.4, -0.2) is 18.0 Å². The quantitative estimate of drug-likeness (QED) is 0.265. The summed E-state index contributed by atoms with van der Waals surface area (Å²) in [5.41, 5.74) is 2.96. The number of thiazole rings is 1. The number of aromatic nitrogens is 1. The second kappa shape index (κ2) is 8.55.